The smallest absolute Gasteiger partial charge is 0.236 e. The van der Waals surface area contributed by atoms with Gasteiger partial charge >= 0.3 is 0 Å². The third-order valence-corrected chi connectivity index (χ3v) is 2.88. The van der Waals surface area contributed by atoms with Crippen LogP contribution in [-0.4, -0.2) is 18.4 Å². The number of fused-ring (bicyclic) bond motifs is 1. The molecule has 0 aliphatic rings. The summed E-state index contributed by atoms with van der Waals surface area (Å²) < 4.78 is 21.7. The van der Waals surface area contributed by atoms with Crippen LogP contribution in [0.25, 0.3) is 11.0 Å². The van der Waals surface area contributed by atoms with E-state index in [1.54, 1.807) is 30.6 Å². The number of hydrogen-bond acceptors (Lipinski definition) is 4. The first-order chi connectivity index (χ1) is 7.04. The number of halogens is 1. The van der Waals surface area contributed by atoms with E-state index in [-0.39, 0.29) is 5.75 Å². The van der Waals surface area contributed by atoms with Gasteiger partial charge in [0.2, 0.25) is 9.05 Å². The highest BCUT2D eigenvalue weighted by Gasteiger charge is 2.07. The maximum Gasteiger partial charge on any atom is 0.236 e. The summed E-state index contributed by atoms with van der Waals surface area (Å²) in [6, 6.07) is 5.07. The Morgan fingerprint density at radius 1 is 1.13 bits per heavy atom. The molecule has 0 fully saturated rings. The van der Waals surface area contributed by atoms with Gasteiger partial charge in [-0.25, -0.2) is 8.42 Å². The molecule has 15 heavy (non-hydrogen) atoms. The fourth-order valence-corrected chi connectivity index (χ4v) is 2.25. The second kappa shape index (κ2) is 3.75. The Bertz CT molecular complexity index is 598. The Hall–Kier alpha value is -1.20. The molecule has 0 saturated carbocycles. The highest BCUT2D eigenvalue weighted by atomic mass is 35.7. The lowest BCUT2D eigenvalue weighted by Crippen LogP contribution is -1.95. The van der Waals surface area contributed by atoms with Crippen molar-refractivity contribution < 1.29 is 8.42 Å². The Morgan fingerprint density at radius 2 is 1.80 bits per heavy atom. The van der Waals surface area contributed by atoms with Gasteiger partial charge in [-0.2, -0.15) is 0 Å². The number of nitrogens with zero attached hydrogens (tertiary/aromatic N) is 2. The molecule has 78 valence electrons. The van der Waals surface area contributed by atoms with E-state index in [9.17, 15) is 8.42 Å². The van der Waals surface area contributed by atoms with Crippen molar-refractivity contribution in [2.24, 2.45) is 0 Å². The number of aromatic nitrogens is 2. The molecule has 1 heterocycles. The molecule has 2 aromatic rings. The van der Waals surface area contributed by atoms with Crippen LogP contribution in [0.15, 0.2) is 30.6 Å². The predicted molar refractivity (Wildman–Crippen MR) is 58.0 cm³/mol. The van der Waals surface area contributed by atoms with Crippen molar-refractivity contribution in [1.29, 1.82) is 0 Å². The first-order valence-corrected chi connectivity index (χ1v) is 6.64. The van der Waals surface area contributed by atoms with E-state index >= 15 is 0 Å². The van der Waals surface area contributed by atoms with Gasteiger partial charge in [0.1, 0.15) is 0 Å². The molecule has 0 spiro atoms. The predicted octanol–water partition coefficient (Wildman–Crippen LogP) is 1.70. The molecule has 0 N–H and O–H groups in total. The van der Waals surface area contributed by atoms with Crippen LogP contribution in [0.4, 0.5) is 0 Å². The van der Waals surface area contributed by atoms with Crippen LogP contribution < -0.4 is 0 Å². The van der Waals surface area contributed by atoms with Gasteiger partial charge < -0.3 is 0 Å². The van der Waals surface area contributed by atoms with Gasteiger partial charge in [-0.15, -0.1) is 0 Å². The van der Waals surface area contributed by atoms with Gasteiger partial charge in [-0.05, 0) is 17.7 Å². The quantitative estimate of drug-likeness (QED) is 0.752. The monoisotopic (exact) mass is 242 g/mol. The molecule has 1 aromatic heterocycles. The summed E-state index contributed by atoms with van der Waals surface area (Å²) in [5.41, 5.74) is 2.00. The summed E-state index contributed by atoms with van der Waals surface area (Å²) in [5, 5.41) is 0. The van der Waals surface area contributed by atoms with Gasteiger partial charge in [-0.1, -0.05) is 6.07 Å². The SMILES string of the molecule is O=S(=O)(Cl)Cc1ccc2nccnc2c1. The summed E-state index contributed by atoms with van der Waals surface area (Å²) in [4.78, 5) is 8.15. The van der Waals surface area contributed by atoms with E-state index in [0.29, 0.717) is 11.1 Å². The molecule has 0 aliphatic carbocycles. The molecule has 0 aliphatic heterocycles. The second-order valence-electron chi connectivity index (χ2n) is 3.06. The van der Waals surface area contributed by atoms with Crippen LogP contribution in [0.3, 0.4) is 0 Å². The van der Waals surface area contributed by atoms with Crippen molar-refractivity contribution in [3.63, 3.8) is 0 Å². The third-order valence-electron chi connectivity index (χ3n) is 1.87. The summed E-state index contributed by atoms with van der Waals surface area (Å²) >= 11 is 0. The van der Waals surface area contributed by atoms with Crippen molar-refractivity contribution in [3.05, 3.63) is 36.2 Å². The lowest BCUT2D eigenvalue weighted by atomic mass is 10.2. The largest absolute Gasteiger partial charge is 0.253 e. The minimum atomic E-state index is -3.52. The molecule has 1 aromatic carbocycles. The summed E-state index contributed by atoms with van der Waals surface area (Å²) in [6.07, 6.45) is 3.14. The normalized spacial score (nSPS) is 11.8. The Kier molecular flexibility index (Phi) is 2.58. The minimum absolute atomic E-state index is 0.193. The van der Waals surface area contributed by atoms with E-state index in [1.807, 2.05) is 0 Å². The Morgan fingerprint density at radius 3 is 2.47 bits per heavy atom. The average molecular weight is 243 g/mol. The van der Waals surface area contributed by atoms with Crippen molar-refractivity contribution >= 4 is 30.8 Å². The molecular weight excluding hydrogens is 236 g/mol. The lowest BCUT2D eigenvalue weighted by Gasteiger charge is -1.99. The zero-order chi connectivity index (χ0) is 10.9. The van der Waals surface area contributed by atoms with E-state index in [2.05, 4.69) is 9.97 Å². The van der Waals surface area contributed by atoms with Gasteiger partial charge in [0, 0.05) is 23.1 Å². The second-order valence-corrected chi connectivity index (χ2v) is 5.84. The summed E-state index contributed by atoms with van der Waals surface area (Å²) in [7, 11) is 1.63. The Balaban J connectivity index is 2.48. The van der Waals surface area contributed by atoms with Crippen LogP contribution in [-0.2, 0) is 14.8 Å². The zero-order valence-corrected chi connectivity index (χ0v) is 9.16. The highest BCUT2D eigenvalue weighted by Crippen LogP contribution is 2.14. The molecule has 2 rings (SSSR count). The third kappa shape index (κ3) is 2.64. The molecule has 0 saturated heterocycles. The molecule has 0 atom stereocenters. The van der Waals surface area contributed by atoms with E-state index in [4.69, 9.17) is 10.7 Å². The first-order valence-electron chi connectivity index (χ1n) is 4.16. The van der Waals surface area contributed by atoms with Gasteiger partial charge in [0.15, 0.2) is 0 Å². The number of hydrogen-bond donors (Lipinski definition) is 0. The summed E-state index contributed by atoms with van der Waals surface area (Å²) in [6.45, 7) is 0. The fraction of sp³-hybridized carbons (Fsp3) is 0.111. The van der Waals surface area contributed by atoms with Crippen molar-refractivity contribution in [3.8, 4) is 0 Å². The lowest BCUT2D eigenvalue weighted by molar-refractivity contribution is 0.609. The molecular formula is C9H7ClN2O2S. The van der Waals surface area contributed by atoms with E-state index in [0.717, 1.165) is 5.52 Å². The maximum atomic E-state index is 10.9. The topological polar surface area (TPSA) is 59.9 Å². The van der Waals surface area contributed by atoms with Gasteiger partial charge in [0.05, 0.1) is 16.8 Å². The molecule has 6 heteroatoms. The van der Waals surface area contributed by atoms with Crippen LogP contribution in [0.1, 0.15) is 5.56 Å². The fourth-order valence-electron chi connectivity index (χ4n) is 1.30. The van der Waals surface area contributed by atoms with Gasteiger partial charge in [-0.3, -0.25) is 9.97 Å². The van der Waals surface area contributed by atoms with Crippen LogP contribution in [0.5, 0.6) is 0 Å². The van der Waals surface area contributed by atoms with Crippen molar-refractivity contribution in [2.75, 3.05) is 0 Å². The summed E-state index contributed by atoms with van der Waals surface area (Å²) in [5.74, 6) is -0.193. The molecule has 0 bridgehead atoms. The molecule has 0 amide bonds. The van der Waals surface area contributed by atoms with E-state index in [1.165, 1.54) is 0 Å². The maximum absolute atomic E-state index is 10.9. The highest BCUT2D eigenvalue weighted by molar-refractivity contribution is 8.13. The van der Waals surface area contributed by atoms with Crippen LogP contribution in [0, 0.1) is 0 Å². The zero-order valence-electron chi connectivity index (χ0n) is 7.59. The Labute approximate surface area is 91.3 Å². The van der Waals surface area contributed by atoms with Crippen LogP contribution >= 0.6 is 10.7 Å². The van der Waals surface area contributed by atoms with Crippen molar-refractivity contribution in [1.82, 2.24) is 9.97 Å². The molecule has 0 radical (unpaired) electrons. The van der Waals surface area contributed by atoms with Gasteiger partial charge in [0.25, 0.3) is 0 Å². The first kappa shape index (κ1) is 10.3. The van der Waals surface area contributed by atoms with Crippen molar-refractivity contribution in [2.45, 2.75) is 5.75 Å². The van der Waals surface area contributed by atoms with Crippen LogP contribution in [0.2, 0.25) is 0 Å². The number of rotatable bonds is 2. The average Bonchev–Trinajstić information content (AvgIpc) is 2.15. The minimum Gasteiger partial charge on any atom is -0.253 e. The molecule has 4 nitrogen and oxygen atoms in total. The van der Waals surface area contributed by atoms with E-state index < -0.39 is 9.05 Å². The standard InChI is InChI=1S/C9H7ClN2O2S/c10-15(13,14)6-7-1-2-8-9(5-7)12-4-3-11-8/h1-5H,6H2. The molecule has 0 unspecified atom stereocenters. The number of benzene rings is 1.